The normalized spacial score (nSPS) is 22.1. The molecule has 2 rings (SSSR count). The first-order chi connectivity index (χ1) is 9.04. The molecule has 0 saturated carbocycles. The van der Waals surface area contributed by atoms with E-state index in [0.717, 1.165) is 18.0 Å². The van der Waals surface area contributed by atoms with Crippen molar-refractivity contribution >= 4 is 17.8 Å². The molecule has 0 bridgehead atoms. The Morgan fingerprint density at radius 3 is 2.21 bits per heavy atom. The van der Waals surface area contributed by atoms with Crippen LogP contribution < -0.4 is 0 Å². The summed E-state index contributed by atoms with van der Waals surface area (Å²) in [5.74, 6) is -1.27. The molecule has 0 aliphatic carbocycles. The molecule has 7 nitrogen and oxygen atoms in total. The Kier molecular flexibility index (Phi) is 4.04. The molecule has 2 saturated heterocycles. The van der Waals surface area contributed by atoms with Crippen LogP contribution in [0, 0.1) is 0 Å². The summed E-state index contributed by atoms with van der Waals surface area (Å²) in [6.45, 7) is 5.84. The molecule has 106 valence electrons. The molecular weight excluding hydrogens is 248 g/mol. The molecule has 0 spiro atoms. The fourth-order valence-corrected chi connectivity index (χ4v) is 2.33. The molecule has 19 heavy (non-hydrogen) atoms. The number of amides is 4. The summed E-state index contributed by atoms with van der Waals surface area (Å²) in [4.78, 5) is 42.3. The Hall–Kier alpha value is -1.63. The Labute approximate surface area is 112 Å². The summed E-state index contributed by atoms with van der Waals surface area (Å²) in [5.41, 5.74) is 0. The van der Waals surface area contributed by atoms with Gasteiger partial charge in [-0.3, -0.25) is 14.5 Å². The summed E-state index contributed by atoms with van der Waals surface area (Å²) in [7, 11) is 2.00. The highest BCUT2D eigenvalue weighted by molar-refractivity contribution is 6.38. The molecule has 0 aromatic carbocycles. The van der Waals surface area contributed by atoms with Crippen molar-refractivity contribution in [3.8, 4) is 0 Å². The number of imide groups is 1. The number of hydrogen-bond acceptors (Lipinski definition) is 4. The zero-order valence-electron chi connectivity index (χ0n) is 11.5. The Morgan fingerprint density at radius 2 is 1.63 bits per heavy atom. The van der Waals surface area contributed by atoms with E-state index in [2.05, 4.69) is 4.90 Å². The summed E-state index contributed by atoms with van der Waals surface area (Å²) < 4.78 is 0. The van der Waals surface area contributed by atoms with Gasteiger partial charge in [-0.1, -0.05) is 0 Å². The third-order valence-electron chi connectivity index (χ3n) is 3.70. The van der Waals surface area contributed by atoms with E-state index >= 15 is 0 Å². The molecule has 0 N–H and O–H groups in total. The lowest BCUT2D eigenvalue weighted by Gasteiger charge is -2.38. The van der Waals surface area contributed by atoms with Gasteiger partial charge in [0.2, 0.25) is 0 Å². The first-order valence-electron chi connectivity index (χ1n) is 6.62. The number of urea groups is 1. The first kappa shape index (κ1) is 13.8. The predicted octanol–water partition coefficient (Wildman–Crippen LogP) is -0.955. The van der Waals surface area contributed by atoms with E-state index in [4.69, 9.17) is 0 Å². The fourth-order valence-electron chi connectivity index (χ4n) is 2.33. The van der Waals surface area contributed by atoms with Crippen molar-refractivity contribution in [3.63, 3.8) is 0 Å². The molecule has 2 aliphatic heterocycles. The SMILES string of the molecule is CCN1CCN(C(=O)N2CCN(C)CC2)C(=O)C1=O. The predicted molar refractivity (Wildman–Crippen MR) is 68.4 cm³/mol. The lowest BCUT2D eigenvalue weighted by Crippen LogP contribution is -2.60. The van der Waals surface area contributed by atoms with Gasteiger partial charge in [-0.25, -0.2) is 4.79 Å². The van der Waals surface area contributed by atoms with Crippen LogP contribution in [0.4, 0.5) is 4.79 Å². The van der Waals surface area contributed by atoms with Crippen LogP contribution in [0.25, 0.3) is 0 Å². The van der Waals surface area contributed by atoms with Gasteiger partial charge in [-0.2, -0.15) is 0 Å². The van der Waals surface area contributed by atoms with Crippen molar-refractivity contribution in [2.45, 2.75) is 6.92 Å². The van der Waals surface area contributed by atoms with Gasteiger partial charge in [-0.15, -0.1) is 0 Å². The molecule has 0 unspecified atom stereocenters. The highest BCUT2D eigenvalue weighted by atomic mass is 16.2. The van der Waals surface area contributed by atoms with Crippen molar-refractivity contribution in [1.29, 1.82) is 0 Å². The molecule has 2 aliphatic rings. The van der Waals surface area contributed by atoms with E-state index in [1.807, 2.05) is 14.0 Å². The van der Waals surface area contributed by atoms with Crippen molar-refractivity contribution in [2.24, 2.45) is 0 Å². The molecule has 4 amide bonds. The third-order valence-corrected chi connectivity index (χ3v) is 3.70. The average molecular weight is 268 g/mol. The second-order valence-electron chi connectivity index (χ2n) is 4.91. The number of likely N-dealkylation sites (N-methyl/N-ethyl adjacent to an activating group) is 2. The number of hydrogen-bond donors (Lipinski definition) is 0. The van der Waals surface area contributed by atoms with Gasteiger partial charge in [-0.05, 0) is 14.0 Å². The fraction of sp³-hybridized carbons (Fsp3) is 0.750. The van der Waals surface area contributed by atoms with Crippen LogP contribution >= 0.6 is 0 Å². The number of carbonyl (C=O) groups is 3. The van der Waals surface area contributed by atoms with Crippen molar-refractivity contribution in [1.82, 2.24) is 19.6 Å². The summed E-state index contributed by atoms with van der Waals surface area (Å²) in [5, 5.41) is 0. The average Bonchev–Trinajstić information content (AvgIpc) is 2.42. The minimum Gasteiger partial charge on any atom is -0.333 e. The second kappa shape index (κ2) is 5.56. The smallest absolute Gasteiger partial charge is 0.327 e. The van der Waals surface area contributed by atoms with Crippen LogP contribution in [-0.2, 0) is 9.59 Å². The van der Waals surface area contributed by atoms with Crippen molar-refractivity contribution in [2.75, 3.05) is 52.9 Å². The van der Waals surface area contributed by atoms with Crippen LogP contribution in [0.2, 0.25) is 0 Å². The number of carbonyl (C=O) groups excluding carboxylic acids is 3. The van der Waals surface area contributed by atoms with Gasteiger partial charge in [0.25, 0.3) is 0 Å². The number of piperazine rings is 2. The number of rotatable bonds is 1. The van der Waals surface area contributed by atoms with E-state index in [-0.39, 0.29) is 6.03 Å². The minimum absolute atomic E-state index is 0.295. The maximum absolute atomic E-state index is 12.3. The van der Waals surface area contributed by atoms with Gasteiger partial charge < -0.3 is 14.7 Å². The zero-order chi connectivity index (χ0) is 14.0. The van der Waals surface area contributed by atoms with E-state index in [9.17, 15) is 14.4 Å². The largest absolute Gasteiger partial charge is 0.333 e. The standard InChI is InChI=1S/C12H20N4O3/c1-3-14-8-9-16(11(18)10(14)17)12(19)15-6-4-13(2)5-7-15/h3-9H2,1-2H3. The van der Waals surface area contributed by atoms with Crippen molar-refractivity contribution in [3.05, 3.63) is 0 Å². The Balaban J connectivity index is 2.00. The maximum atomic E-state index is 12.3. The molecule has 0 radical (unpaired) electrons. The quantitative estimate of drug-likeness (QED) is 0.575. The van der Waals surface area contributed by atoms with Crippen LogP contribution in [0.15, 0.2) is 0 Å². The molecule has 2 heterocycles. The van der Waals surface area contributed by atoms with Crippen LogP contribution in [0.5, 0.6) is 0 Å². The highest BCUT2D eigenvalue weighted by Gasteiger charge is 2.37. The van der Waals surface area contributed by atoms with Crippen LogP contribution in [0.1, 0.15) is 6.92 Å². The topological polar surface area (TPSA) is 64.2 Å². The third kappa shape index (κ3) is 2.70. The van der Waals surface area contributed by atoms with Gasteiger partial charge in [0.05, 0.1) is 0 Å². The van der Waals surface area contributed by atoms with Gasteiger partial charge in [0, 0.05) is 45.8 Å². The molecule has 0 aromatic heterocycles. The van der Waals surface area contributed by atoms with Gasteiger partial charge >= 0.3 is 17.8 Å². The second-order valence-corrected chi connectivity index (χ2v) is 4.91. The van der Waals surface area contributed by atoms with Gasteiger partial charge in [0.1, 0.15) is 0 Å². The Morgan fingerprint density at radius 1 is 1.00 bits per heavy atom. The van der Waals surface area contributed by atoms with E-state index in [1.165, 1.54) is 4.90 Å². The molecule has 0 aromatic rings. The summed E-state index contributed by atoms with van der Waals surface area (Å²) in [6.07, 6.45) is 0. The summed E-state index contributed by atoms with van der Waals surface area (Å²) >= 11 is 0. The lowest BCUT2D eigenvalue weighted by atomic mass is 10.3. The maximum Gasteiger partial charge on any atom is 0.327 e. The van der Waals surface area contributed by atoms with Gasteiger partial charge in [0.15, 0.2) is 0 Å². The lowest BCUT2D eigenvalue weighted by molar-refractivity contribution is -0.154. The highest BCUT2D eigenvalue weighted by Crippen LogP contribution is 2.10. The summed E-state index contributed by atoms with van der Waals surface area (Å²) in [6, 6.07) is -0.331. The molecule has 2 fully saturated rings. The zero-order valence-corrected chi connectivity index (χ0v) is 11.5. The van der Waals surface area contributed by atoms with E-state index in [1.54, 1.807) is 4.90 Å². The number of nitrogens with zero attached hydrogens (tertiary/aromatic N) is 4. The van der Waals surface area contributed by atoms with E-state index < -0.39 is 11.8 Å². The van der Waals surface area contributed by atoms with Crippen molar-refractivity contribution < 1.29 is 14.4 Å². The van der Waals surface area contributed by atoms with E-state index in [0.29, 0.717) is 32.7 Å². The molecular formula is C12H20N4O3. The molecule has 7 heteroatoms. The van der Waals surface area contributed by atoms with Crippen LogP contribution in [0.3, 0.4) is 0 Å². The molecule has 0 atom stereocenters. The Bertz CT molecular complexity index is 390. The van der Waals surface area contributed by atoms with Crippen LogP contribution in [-0.4, -0.2) is 90.3 Å². The minimum atomic E-state index is -0.697. The monoisotopic (exact) mass is 268 g/mol. The first-order valence-corrected chi connectivity index (χ1v) is 6.62.